The average Bonchev–Trinajstić information content (AvgIpc) is 3.17. The third-order valence-electron chi connectivity index (χ3n) is 6.44. The number of piperidine rings is 1. The number of aliphatic hydroxyl groups excluding tert-OH is 1. The molecule has 0 saturated carbocycles. The van der Waals surface area contributed by atoms with Crippen molar-refractivity contribution in [1.82, 2.24) is 18.5 Å². The molecule has 3 heterocycles. The van der Waals surface area contributed by atoms with Gasteiger partial charge in [0.1, 0.15) is 5.75 Å². The SMILES string of the molecule is COc1ccc2[nH]cc([C@H](O)CN3CCN(S(=O)(=O)N4CCC(C)CC4)CC3)c2c1. The maximum atomic E-state index is 12.9. The average molecular weight is 437 g/mol. The molecule has 0 amide bonds. The van der Waals surface area contributed by atoms with Crippen LogP contribution in [0.15, 0.2) is 24.4 Å². The van der Waals surface area contributed by atoms with Crippen molar-refractivity contribution in [2.24, 2.45) is 5.92 Å². The zero-order chi connectivity index (χ0) is 21.3. The zero-order valence-electron chi connectivity index (χ0n) is 17.7. The molecule has 0 spiro atoms. The summed E-state index contributed by atoms with van der Waals surface area (Å²) < 4.78 is 34.4. The molecule has 4 rings (SSSR count). The summed E-state index contributed by atoms with van der Waals surface area (Å²) in [5, 5.41) is 11.8. The molecule has 30 heavy (non-hydrogen) atoms. The first kappa shape index (κ1) is 21.6. The summed E-state index contributed by atoms with van der Waals surface area (Å²) >= 11 is 0. The maximum absolute atomic E-state index is 12.9. The van der Waals surface area contributed by atoms with Crippen molar-refractivity contribution in [2.75, 3.05) is 52.9 Å². The van der Waals surface area contributed by atoms with E-state index < -0.39 is 16.3 Å². The normalized spacial score (nSPS) is 21.8. The molecule has 166 valence electrons. The van der Waals surface area contributed by atoms with Gasteiger partial charge >= 0.3 is 0 Å². The number of nitrogens with one attached hydrogen (secondary N) is 1. The van der Waals surface area contributed by atoms with Crippen LogP contribution in [-0.4, -0.2) is 84.9 Å². The third kappa shape index (κ3) is 4.36. The van der Waals surface area contributed by atoms with E-state index >= 15 is 0 Å². The molecule has 0 aliphatic carbocycles. The highest BCUT2D eigenvalue weighted by atomic mass is 32.2. The number of piperazine rings is 1. The molecule has 0 radical (unpaired) electrons. The van der Waals surface area contributed by atoms with Crippen molar-refractivity contribution < 1.29 is 18.3 Å². The van der Waals surface area contributed by atoms with Gasteiger partial charge in [0, 0.05) is 68.5 Å². The molecule has 2 saturated heterocycles. The van der Waals surface area contributed by atoms with E-state index in [2.05, 4.69) is 16.8 Å². The number of benzene rings is 1. The number of nitrogens with zero attached hydrogens (tertiary/aromatic N) is 3. The second kappa shape index (κ2) is 8.84. The number of aromatic nitrogens is 1. The van der Waals surface area contributed by atoms with E-state index in [-0.39, 0.29) is 0 Å². The Morgan fingerprint density at radius 2 is 1.80 bits per heavy atom. The van der Waals surface area contributed by atoms with Crippen LogP contribution in [0.3, 0.4) is 0 Å². The molecular weight excluding hydrogens is 404 g/mol. The second-order valence-electron chi connectivity index (χ2n) is 8.46. The van der Waals surface area contributed by atoms with E-state index in [0.717, 1.165) is 35.1 Å². The standard InChI is InChI=1S/C21H32N4O4S/c1-16-5-7-24(8-6-16)30(27,28)25-11-9-23(10-12-25)15-21(26)19-14-22-20-4-3-17(29-2)13-18(19)20/h3-4,13-14,16,21-22,26H,5-12,15H2,1-2H3/t21-/m1/s1. The summed E-state index contributed by atoms with van der Waals surface area (Å²) in [5.74, 6) is 1.35. The van der Waals surface area contributed by atoms with Gasteiger partial charge in [0.15, 0.2) is 0 Å². The Bertz CT molecular complexity index is 961. The minimum Gasteiger partial charge on any atom is -0.497 e. The Morgan fingerprint density at radius 1 is 1.13 bits per heavy atom. The summed E-state index contributed by atoms with van der Waals surface area (Å²) in [5.41, 5.74) is 1.79. The molecule has 0 unspecified atom stereocenters. The summed E-state index contributed by atoms with van der Waals surface area (Å²) in [4.78, 5) is 5.33. The van der Waals surface area contributed by atoms with E-state index in [0.29, 0.717) is 51.7 Å². The van der Waals surface area contributed by atoms with E-state index in [1.165, 1.54) is 0 Å². The number of aromatic amines is 1. The van der Waals surface area contributed by atoms with Crippen molar-refractivity contribution in [1.29, 1.82) is 0 Å². The summed E-state index contributed by atoms with van der Waals surface area (Å²) in [6.45, 7) is 6.04. The van der Waals surface area contributed by atoms with Crippen LogP contribution < -0.4 is 4.74 Å². The van der Waals surface area contributed by atoms with Gasteiger partial charge in [-0.2, -0.15) is 17.0 Å². The molecule has 2 N–H and O–H groups in total. The van der Waals surface area contributed by atoms with Crippen LogP contribution in [0, 0.1) is 5.92 Å². The van der Waals surface area contributed by atoms with E-state index in [1.54, 1.807) is 15.7 Å². The van der Waals surface area contributed by atoms with Crippen LogP contribution in [0.1, 0.15) is 31.4 Å². The number of β-amino-alcohol motifs (C(OH)–C–C–N with tert-alkyl or cyclic N) is 1. The van der Waals surface area contributed by atoms with Crippen LogP contribution in [0.5, 0.6) is 5.75 Å². The highest BCUT2D eigenvalue weighted by Crippen LogP contribution is 2.29. The lowest BCUT2D eigenvalue weighted by Crippen LogP contribution is -2.54. The van der Waals surface area contributed by atoms with Crippen molar-refractivity contribution in [3.8, 4) is 5.75 Å². The van der Waals surface area contributed by atoms with Crippen molar-refractivity contribution >= 4 is 21.1 Å². The van der Waals surface area contributed by atoms with Gasteiger partial charge in [0.05, 0.1) is 13.2 Å². The molecule has 2 aliphatic heterocycles. The molecule has 8 nitrogen and oxygen atoms in total. The third-order valence-corrected chi connectivity index (χ3v) is 8.47. The van der Waals surface area contributed by atoms with Crippen LogP contribution in [0.25, 0.3) is 10.9 Å². The summed E-state index contributed by atoms with van der Waals surface area (Å²) in [6.07, 6.45) is 3.05. The summed E-state index contributed by atoms with van der Waals surface area (Å²) in [6, 6.07) is 5.75. The van der Waals surface area contributed by atoms with Gasteiger partial charge in [0.25, 0.3) is 10.2 Å². The number of fused-ring (bicyclic) bond motifs is 1. The predicted molar refractivity (Wildman–Crippen MR) is 117 cm³/mol. The smallest absolute Gasteiger partial charge is 0.282 e. The Kier molecular flexibility index (Phi) is 6.36. The fraction of sp³-hybridized carbons (Fsp3) is 0.619. The van der Waals surface area contributed by atoms with Gasteiger partial charge in [-0.25, -0.2) is 0 Å². The monoisotopic (exact) mass is 436 g/mol. The van der Waals surface area contributed by atoms with Gasteiger partial charge in [-0.1, -0.05) is 6.92 Å². The first-order valence-electron chi connectivity index (χ1n) is 10.7. The lowest BCUT2D eigenvalue weighted by molar-refractivity contribution is 0.0911. The molecule has 1 atom stereocenters. The van der Waals surface area contributed by atoms with E-state index in [4.69, 9.17) is 4.74 Å². The number of H-pyrrole nitrogens is 1. The second-order valence-corrected chi connectivity index (χ2v) is 10.4. The molecule has 2 aromatic rings. The van der Waals surface area contributed by atoms with E-state index in [1.807, 2.05) is 24.4 Å². The molecule has 1 aromatic heterocycles. The van der Waals surface area contributed by atoms with Crippen LogP contribution in [0.2, 0.25) is 0 Å². The lowest BCUT2D eigenvalue weighted by atomic mass is 10.0. The maximum Gasteiger partial charge on any atom is 0.282 e. The number of rotatable bonds is 6. The topological polar surface area (TPSA) is 89.1 Å². The zero-order valence-corrected chi connectivity index (χ0v) is 18.6. The van der Waals surface area contributed by atoms with Crippen molar-refractivity contribution in [3.63, 3.8) is 0 Å². The molecule has 2 aliphatic rings. The molecule has 2 fully saturated rings. The Labute approximate surface area is 178 Å². The largest absolute Gasteiger partial charge is 0.497 e. The fourth-order valence-electron chi connectivity index (χ4n) is 4.39. The number of hydrogen-bond acceptors (Lipinski definition) is 5. The van der Waals surface area contributed by atoms with Crippen LogP contribution in [0.4, 0.5) is 0 Å². The number of hydrogen-bond donors (Lipinski definition) is 2. The van der Waals surface area contributed by atoms with Crippen LogP contribution in [-0.2, 0) is 10.2 Å². The quantitative estimate of drug-likeness (QED) is 0.721. The number of methoxy groups -OCH3 is 1. The highest BCUT2D eigenvalue weighted by molar-refractivity contribution is 7.86. The fourth-order valence-corrected chi connectivity index (χ4v) is 6.01. The van der Waals surface area contributed by atoms with Gasteiger partial charge in [-0.15, -0.1) is 0 Å². The van der Waals surface area contributed by atoms with E-state index in [9.17, 15) is 13.5 Å². The number of ether oxygens (including phenoxy) is 1. The van der Waals surface area contributed by atoms with Gasteiger partial charge < -0.3 is 14.8 Å². The Morgan fingerprint density at radius 3 is 2.47 bits per heavy atom. The van der Waals surface area contributed by atoms with Gasteiger partial charge in [-0.05, 0) is 37.0 Å². The number of aliphatic hydroxyl groups is 1. The first-order chi connectivity index (χ1) is 14.4. The van der Waals surface area contributed by atoms with Crippen molar-refractivity contribution in [3.05, 3.63) is 30.0 Å². The summed E-state index contributed by atoms with van der Waals surface area (Å²) in [7, 11) is -1.75. The molecule has 9 heteroatoms. The first-order valence-corrected chi connectivity index (χ1v) is 12.1. The Balaban J connectivity index is 1.36. The predicted octanol–water partition coefficient (Wildman–Crippen LogP) is 1.80. The minimum absolute atomic E-state index is 0.461. The Hall–Kier alpha value is -1.65. The van der Waals surface area contributed by atoms with Gasteiger partial charge in [-0.3, -0.25) is 4.90 Å². The lowest BCUT2D eigenvalue weighted by Gasteiger charge is -2.38. The highest BCUT2D eigenvalue weighted by Gasteiger charge is 2.34. The van der Waals surface area contributed by atoms with Crippen LogP contribution >= 0.6 is 0 Å². The molecule has 1 aromatic carbocycles. The van der Waals surface area contributed by atoms with Crippen molar-refractivity contribution in [2.45, 2.75) is 25.9 Å². The molecular formula is C21H32N4O4S. The minimum atomic E-state index is -3.38. The molecule has 0 bridgehead atoms. The van der Waals surface area contributed by atoms with Gasteiger partial charge in [0.2, 0.25) is 0 Å².